The maximum absolute atomic E-state index is 12.2. The molecular formula is C22H24N2O5. The summed E-state index contributed by atoms with van der Waals surface area (Å²) in [5, 5.41) is 14.0. The first-order chi connectivity index (χ1) is 13.9. The number of esters is 1. The van der Waals surface area contributed by atoms with E-state index in [2.05, 4.69) is 17.4 Å². The number of nitro benzene ring substituents is 1. The number of fused-ring (bicyclic) bond motifs is 1. The molecule has 152 valence electrons. The van der Waals surface area contributed by atoms with Crippen LogP contribution in [0.3, 0.4) is 0 Å². The van der Waals surface area contributed by atoms with Crippen molar-refractivity contribution in [1.29, 1.82) is 0 Å². The van der Waals surface area contributed by atoms with E-state index in [4.69, 9.17) is 4.74 Å². The number of benzene rings is 2. The van der Waals surface area contributed by atoms with Crippen LogP contribution < -0.4 is 5.32 Å². The van der Waals surface area contributed by atoms with Gasteiger partial charge in [-0.3, -0.25) is 14.9 Å². The Morgan fingerprint density at radius 3 is 2.62 bits per heavy atom. The summed E-state index contributed by atoms with van der Waals surface area (Å²) in [4.78, 5) is 35.0. The summed E-state index contributed by atoms with van der Waals surface area (Å²) in [6.07, 6.45) is 4.54. The first-order valence-electron chi connectivity index (χ1n) is 9.69. The van der Waals surface area contributed by atoms with E-state index in [0.717, 1.165) is 18.4 Å². The summed E-state index contributed by atoms with van der Waals surface area (Å²) in [6.45, 7) is 2.91. The van der Waals surface area contributed by atoms with Crippen LogP contribution in [0.1, 0.15) is 58.4 Å². The monoisotopic (exact) mass is 396 g/mol. The lowest BCUT2D eigenvalue weighted by Crippen LogP contribution is -2.31. The number of ether oxygens (including phenoxy) is 1. The van der Waals surface area contributed by atoms with Crippen molar-refractivity contribution in [2.45, 2.75) is 45.6 Å². The van der Waals surface area contributed by atoms with Gasteiger partial charge in [0.05, 0.1) is 11.0 Å². The number of nitrogens with zero attached hydrogens (tertiary/aromatic N) is 1. The van der Waals surface area contributed by atoms with E-state index in [1.807, 2.05) is 13.0 Å². The van der Waals surface area contributed by atoms with Gasteiger partial charge in [-0.15, -0.1) is 0 Å². The number of carbonyl (C=O) groups excluding carboxylic acids is 2. The van der Waals surface area contributed by atoms with Crippen LogP contribution in [0.2, 0.25) is 0 Å². The molecule has 0 aromatic heterocycles. The standard InChI is InChI=1S/C22H24N2O5/c1-14-6-5-9-19(21(14)24(27)28)22(26)29-13-20(25)23-15(2)17-11-10-16-7-3-4-8-18(16)12-17/h5-6,9-12,15H,3-4,7-8,13H2,1-2H3,(H,23,25)/t15-/m1/s1. The zero-order valence-electron chi connectivity index (χ0n) is 16.6. The molecule has 3 rings (SSSR count). The fourth-order valence-corrected chi connectivity index (χ4v) is 3.66. The van der Waals surface area contributed by atoms with Crippen molar-refractivity contribution in [2.75, 3.05) is 6.61 Å². The number of nitrogens with one attached hydrogen (secondary N) is 1. The normalized spacial score (nSPS) is 13.9. The lowest BCUT2D eigenvalue weighted by Gasteiger charge is -2.20. The molecule has 0 aliphatic heterocycles. The van der Waals surface area contributed by atoms with Crippen molar-refractivity contribution in [3.05, 3.63) is 74.3 Å². The van der Waals surface area contributed by atoms with Gasteiger partial charge in [0.1, 0.15) is 5.56 Å². The molecule has 2 aromatic rings. The predicted octanol–water partition coefficient (Wildman–Crippen LogP) is 3.82. The van der Waals surface area contributed by atoms with Gasteiger partial charge in [0.2, 0.25) is 0 Å². The Morgan fingerprint density at radius 2 is 1.90 bits per heavy atom. The Labute approximate surface area is 169 Å². The molecule has 1 N–H and O–H groups in total. The SMILES string of the molecule is Cc1cccc(C(=O)OCC(=O)N[C@H](C)c2ccc3c(c2)CCCC3)c1[N+](=O)[O-]. The third-order valence-corrected chi connectivity index (χ3v) is 5.22. The molecule has 7 heteroatoms. The summed E-state index contributed by atoms with van der Waals surface area (Å²) >= 11 is 0. The van der Waals surface area contributed by atoms with Crippen molar-refractivity contribution in [2.24, 2.45) is 0 Å². The molecule has 1 aliphatic rings. The summed E-state index contributed by atoms with van der Waals surface area (Å²) in [5.41, 5.74) is 3.58. The van der Waals surface area contributed by atoms with Gasteiger partial charge in [-0.25, -0.2) is 4.79 Å². The van der Waals surface area contributed by atoms with Crippen molar-refractivity contribution in [1.82, 2.24) is 5.32 Å². The van der Waals surface area contributed by atoms with E-state index in [-0.39, 0.29) is 17.3 Å². The van der Waals surface area contributed by atoms with Crippen molar-refractivity contribution in [3.8, 4) is 0 Å². The molecule has 0 saturated carbocycles. The van der Waals surface area contributed by atoms with Crippen molar-refractivity contribution >= 4 is 17.6 Å². The van der Waals surface area contributed by atoms with Crippen molar-refractivity contribution < 1.29 is 19.2 Å². The van der Waals surface area contributed by atoms with Gasteiger partial charge < -0.3 is 10.1 Å². The zero-order valence-corrected chi connectivity index (χ0v) is 16.6. The molecule has 0 saturated heterocycles. The molecule has 0 spiro atoms. The minimum absolute atomic E-state index is 0.162. The second kappa shape index (κ2) is 8.86. The summed E-state index contributed by atoms with van der Waals surface area (Å²) in [7, 11) is 0. The fraction of sp³-hybridized carbons (Fsp3) is 0.364. The molecule has 0 fully saturated rings. The van der Waals surface area contributed by atoms with Crippen LogP contribution in [-0.4, -0.2) is 23.4 Å². The average molecular weight is 396 g/mol. The first kappa shape index (κ1) is 20.5. The van der Waals surface area contributed by atoms with E-state index >= 15 is 0 Å². The topological polar surface area (TPSA) is 98.5 Å². The zero-order chi connectivity index (χ0) is 21.0. The number of hydrogen-bond donors (Lipinski definition) is 1. The third kappa shape index (κ3) is 4.80. The molecule has 1 aliphatic carbocycles. The molecule has 1 atom stereocenters. The number of carbonyl (C=O) groups is 2. The van der Waals surface area contributed by atoms with Gasteiger partial charge in [0.25, 0.3) is 11.6 Å². The smallest absolute Gasteiger partial charge is 0.345 e. The van der Waals surface area contributed by atoms with Crippen LogP contribution in [0.5, 0.6) is 0 Å². The van der Waals surface area contributed by atoms with E-state index < -0.39 is 23.4 Å². The molecular weight excluding hydrogens is 372 g/mol. The van der Waals surface area contributed by atoms with E-state index in [9.17, 15) is 19.7 Å². The molecule has 0 unspecified atom stereocenters. The van der Waals surface area contributed by atoms with E-state index in [1.165, 1.54) is 36.1 Å². The van der Waals surface area contributed by atoms with Gasteiger partial charge in [0.15, 0.2) is 6.61 Å². The Kier molecular flexibility index (Phi) is 6.26. The van der Waals surface area contributed by atoms with Crippen molar-refractivity contribution in [3.63, 3.8) is 0 Å². The molecule has 0 radical (unpaired) electrons. The van der Waals surface area contributed by atoms with Crippen LogP contribution in [-0.2, 0) is 22.4 Å². The van der Waals surface area contributed by atoms with Gasteiger partial charge in [-0.2, -0.15) is 0 Å². The highest BCUT2D eigenvalue weighted by Crippen LogP contribution is 2.25. The number of aryl methyl sites for hydroxylation is 3. The molecule has 7 nitrogen and oxygen atoms in total. The maximum atomic E-state index is 12.2. The number of rotatable bonds is 6. The third-order valence-electron chi connectivity index (χ3n) is 5.22. The van der Waals surface area contributed by atoms with Gasteiger partial charge in [-0.1, -0.05) is 30.3 Å². The van der Waals surface area contributed by atoms with E-state index in [0.29, 0.717) is 5.56 Å². The predicted molar refractivity (Wildman–Crippen MR) is 108 cm³/mol. The largest absolute Gasteiger partial charge is 0.452 e. The average Bonchev–Trinajstić information content (AvgIpc) is 2.71. The molecule has 1 amide bonds. The van der Waals surface area contributed by atoms with Crippen LogP contribution in [0.15, 0.2) is 36.4 Å². The maximum Gasteiger partial charge on any atom is 0.345 e. The van der Waals surface area contributed by atoms with Crippen LogP contribution in [0.4, 0.5) is 5.69 Å². The van der Waals surface area contributed by atoms with Crippen LogP contribution in [0, 0.1) is 17.0 Å². The van der Waals surface area contributed by atoms with Crippen LogP contribution >= 0.6 is 0 Å². The van der Waals surface area contributed by atoms with Crippen LogP contribution in [0.25, 0.3) is 0 Å². The lowest BCUT2D eigenvalue weighted by molar-refractivity contribution is -0.385. The Balaban J connectivity index is 1.59. The fourth-order valence-electron chi connectivity index (χ4n) is 3.66. The molecule has 2 aromatic carbocycles. The Morgan fingerprint density at radius 1 is 1.17 bits per heavy atom. The molecule has 0 heterocycles. The highest BCUT2D eigenvalue weighted by atomic mass is 16.6. The van der Waals surface area contributed by atoms with Gasteiger partial charge in [-0.05, 0) is 62.3 Å². The number of nitro groups is 1. The number of hydrogen-bond acceptors (Lipinski definition) is 5. The second-order valence-electron chi connectivity index (χ2n) is 7.33. The highest BCUT2D eigenvalue weighted by Gasteiger charge is 2.24. The number of para-hydroxylation sites is 1. The summed E-state index contributed by atoms with van der Waals surface area (Å²) < 4.78 is 5.01. The Bertz CT molecular complexity index is 954. The second-order valence-corrected chi connectivity index (χ2v) is 7.33. The lowest BCUT2D eigenvalue weighted by atomic mass is 9.89. The quantitative estimate of drug-likeness (QED) is 0.455. The summed E-state index contributed by atoms with van der Waals surface area (Å²) in [6, 6.07) is 10.4. The number of amides is 1. The molecule has 29 heavy (non-hydrogen) atoms. The Hall–Kier alpha value is -3.22. The van der Waals surface area contributed by atoms with E-state index in [1.54, 1.807) is 13.0 Å². The van der Waals surface area contributed by atoms with Gasteiger partial charge >= 0.3 is 5.97 Å². The first-order valence-corrected chi connectivity index (χ1v) is 9.69. The summed E-state index contributed by atoms with van der Waals surface area (Å²) in [5.74, 6) is -1.35. The minimum atomic E-state index is -0.892. The highest BCUT2D eigenvalue weighted by molar-refractivity contribution is 5.95. The molecule has 0 bridgehead atoms. The van der Waals surface area contributed by atoms with Gasteiger partial charge in [0, 0.05) is 5.56 Å². The minimum Gasteiger partial charge on any atom is -0.452 e.